The number of nitrogens with zero attached hydrogens (tertiary/aromatic N) is 1. The number of aliphatic hydroxyl groups is 1. The molecule has 1 heterocycles. The summed E-state index contributed by atoms with van der Waals surface area (Å²) in [4.78, 5) is 4.16. The Bertz CT molecular complexity index is 762. The third kappa shape index (κ3) is 4.31. The summed E-state index contributed by atoms with van der Waals surface area (Å²) in [5.74, 6) is 0.776. The van der Waals surface area contributed by atoms with Crippen LogP contribution in [0, 0.1) is 5.82 Å². The zero-order chi connectivity index (χ0) is 16.8. The van der Waals surface area contributed by atoms with Gasteiger partial charge in [0.05, 0.1) is 11.2 Å². The van der Waals surface area contributed by atoms with Gasteiger partial charge in [-0.2, -0.15) is 0 Å². The SMILES string of the molecule is O[C@@H](COc1ccccc1OCc1cscn1)c1ccc(F)cc1. The van der Waals surface area contributed by atoms with Crippen LogP contribution < -0.4 is 9.47 Å². The van der Waals surface area contributed by atoms with Crippen LogP contribution in [0.15, 0.2) is 59.4 Å². The second-order valence-corrected chi connectivity index (χ2v) is 5.81. The number of aliphatic hydroxyl groups excluding tert-OH is 1. The van der Waals surface area contributed by atoms with E-state index in [0.717, 1.165) is 5.69 Å². The fourth-order valence-corrected chi connectivity index (χ4v) is 2.64. The number of aromatic nitrogens is 1. The third-order valence-corrected chi connectivity index (χ3v) is 3.99. The number of benzene rings is 2. The highest BCUT2D eigenvalue weighted by Gasteiger charge is 2.11. The summed E-state index contributed by atoms with van der Waals surface area (Å²) < 4.78 is 24.3. The van der Waals surface area contributed by atoms with Crippen LogP contribution in [0.1, 0.15) is 17.4 Å². The highest BCUT2D eigenvalue weighted by Crippen LogP contribution is 2.28. The molecule has 0 saturated heterocycles. The van der Waals surface area contributed by atoms with Crippen LogP contribution >= 0.6 is 11.3 Å². The molecule has 1 N–H and O–H groups in total. The molecular formula is C18H16FNO3S. The largest absolute Gasteiger partial charge is 0.487 e. The van der Waals surface area contributed by atoms with Crippen molar-refractivity contribution >= 4 is 11.3 Å². The number of halogens is 1. The summed E-state index contributed by atoms with van der Waals surface area (Å²) in [6.45, 7) is 0.396. The van der Waals surface area contributed by atoms with Gasteiger partial charge in [0.2, 0.25) is 0 Å². The van der Waals surface area contributed by atoms with Gasteiger partial charge in [-0.1, -0.05) is 24.3 Å². The van der Waals surface area contributed by atoms with Crippen molar-refractivity contribution in [2.24, 2.45) is 0 Å². The highest BCUT2D eigenvalue weighted by atomic mass is 32.1. The van der Waals surface area contributed by atoms with Crippen LogP contribution in [0.5, 0.6) is 11.5 Å². The summed E-state index contributed by atoms with van der Waals surface area (Å²) in [5, 5.41) is 12.1. The molecule has 0 bridgehead atoms. The lowest BCUT2D eigenvalue weighted by Gasteiger charge is -2.15. The summed E-state index contributed by atoms with van der Waals surface area (Å²) in [6.07, 6.45) is -0.850. The predicted molar refractivity (Wildman–Crippen MR) is 89.7 cm³/mol. The van der Waals surface area contributed by atoms with Crippen LogP contribution in [0.4, 0.5) is 4.39 Å². The molecule has 2 aromatic carbocycles. The molecule has 0 radical (unpaired) electrons. The number of hydrogen-bond donors (Lipinski definition) is 1. The van der Waals surface area contributed by atoms with Crippen molar-refractivity contribution < 1.29 is 19.0 Å². The molecule has 0 aliphatic heterocycles. The Labute approximate surface area is 143 Å². The topological polar surface area (TPSA) is 51.6 Å². The maximum Gasteiger partial charge on any atom is 0.161 e. The van der Waals surface area contributed by atoms with E-state index in [1.807, 2.05) is 17.5 Å². The number of thiazole rings is 1. The van der Waals surface area contributed by atoms with Crippen molar-refractivity contribution in [2.45, 2.75) is 12.7 Å². The number of hydrogen-bond acceptors (Lipinski definition) is 5. The second kappa shape index (κ2) is 7.90. The first kappa shape index (κ1) is 16.4. The molecule has 0 unspecified atom stereocenters. The highest BCUT2D eigenvalue weighted by molar-refractivity contribution is 7.07. The van der Waals surface area contributed by atoms with Gasteiger partial charge in [0.1, 0.15) is 25.1 Å². The molecule has 1 atom stereocenters. The van der Waals surface area contributed by atoms with Crippen LogP contribution in [0.25, 0.3) is 0 Å². The number of para-hydroxylation sites is 2. The number of rotatable bonds is 7. The van der Waals surface area contributed by atoms with E-state index < -0.39 is 6.10 Å². The summed E-state index contributed by atoms with van der Waals surface area (Å²) >= 11 is 1.51. The lowest BCUT2D eigenvalue weighted by Crippen LogP contribution is -2.10. The van der Waals surface area contributed by atoms with Crippen molar-refractivity contribution in [2.75, 3.05) is 6.61 Å². The maximum atomic E-state index is 12.9. The van der Waals surface area contributed by atoms with E-state index in [-0.39, 0.29) is 12.4 Å². The lowest BCUT2D eigenvalue weighted by atomic mass is 10.1. The smallest absolute Gasteiger partial charge is 0.161 e. The first-order chi connectivity index (χ1) is 11.7. The van der Waals surface area contributed by atoms with Gasteiger partial charge in [-0.25, -0.2) is 9.37 Å². The molecule has 0 fully saturated rings. The van der Waals surface area contributed by atoms with Crippen molar-refractivity contribution in [3.05, 3.63) is 76.5 Å². The van der Waals surface area contributed by atoms with Gasteiger partial charge in [0.25, 0.3) is 0 Å². The molecular weight excluding hydrogens is 329 g/mol. The quantitative estimate of drug-likeness (QED) is 0.704. The van der Waals surface area contributed by atoms with E-state index in [1.54, 1.807) is 17.6 Å². The fraction of sp³-hybridized carbons (Fsp3) is 0.167. The number of ether oxygens (including phenoxy) is 2. The summed E-state index contributed by atoms with van der Waals surface area (Å²) in [7, 11) is 0. The summed E-state index contributed by atoms with van der Waals surface area (Å²) in [6, 6.07) is 12.9. The minimum absolute atomic E-state index is 0.0444. The molecule has 3 rings (SSSR count). The normalized spacial score (nSPS) is 11.9. The van der Waals surface area contributed by atoms with Crippen molar-refractivity contribution in [3.8, 4) is 11.5 Å². The van der Waals surface area contributed by atoms with Crippen molar-refractivity contribution in [1.82, 2.24) is 4.98 Å². The second-order valence-electron chi connectivity index (χ2n) is 5.09. The van der Waals surface area contributed by atoms with E-state index in [9.17, 15) is 9.50 Å². The zero-order valence-electron chi connectivity index (χ0n) is 12.8. The van der Waals surface area contributed by atoms with Gasteiger partial charge in [0, 0.05) is 5.38 Å². The van der Waals surface area contributed by atoms with Crippen molar-refractivity contribution in [1.29, 1.82) is 0 Å². The standard InChI is InChI=1S/C18H16FNO3S/c19-14-7-5-13(6-8-14)16(21)10-23-18-4-2-1-3-17(18)22-9-15-11-24-12-20-15/h1-8,11-12,16,21H,9-10H2/t16-/m0/s1. The van der Waals surface area contributed by atoms with Gasteiger partial charge >= 0.3 is 0 Å². The molecule has 24 heavy (non-hydrogen) atoms. The van der Waals surface area contributed by atoms with Crippen LogP contribution in [-0.2, 0) is 6.61 Å². The van der Waals surface area contributed by atoms with Gasteiger partial charge in [0.15, 0.2) is 11.5 Å². The Balaban J connectivity index is 1.61. The zero-order valence-corrected chi connectivity index (χ0v) is 13.6. The molecule has 0 amide bonds. The lowest BCUT2D eigenvalue weighted by molar-refractivity contribution is 0.105. The van der Waals surface area contributed by atoms with E-state index in [2.05, 4.69) is 4.98 Å². The van der Waals surface area contributed by atoms with Crippen LogP contribution in [0.3, 0.4) is 0 Å². The van der Waals surface area contributed by atoms with E-state index in [0.29, 0.717) is 23.7 Å². The Morgan fingerprint density at radius 1 is 1.04 bits per heavy atom. The predicted octanol–water partition coefficient (Wildman–Crippen LogP) is 3.97. The Morgan fingerprint density at radius 2 is 1.75 bits per heavy atom. The van der Waals surface area contributed by atoms with E-state index in [1.165, 1.54) is 35.6 Å². The first-order valence-electron chi connectivity index (χ1n) is 7.37. The molecule has 124 valence electrons. The molecule has 0 spiro atoms. The van der Waals surface area contributed by atoms with Crippen LogP contribution in [-0.4, -0.2) is 16.7 Å². The molecule has 4 nitrogen and oxygen atoms in total. The van der Waals surface area contributed by atoms with E-state index in [4.69, 9.17) is 9.47 Å². The van der Waals surface area contributed by atoms with Gasteiger partial charge in [-0.3, -0.25) is 0 Å². The minimum Gasteiger partial charge on any atom is -0.487 e. The Kier molecular flexibility index (Phi) is 5.40. The minimum atomic E-state index is -0.850. The molecule has 0 aliphatic rings. The molecule has 1 aromatic heterocycles. The average Bonchev–Trinajstić information content (AvgIpc) is 3.12. The Morgan fingerprint density at radius 3 is 2.42 bits per heavy atom. The first-order valence-corrected chi connectivity index (χ1v) is 8.32. The maximum absolute atomic E-state index is 12.9. The fourth-order valence-electron chi connectivity index (χ4n) is 2.10. The van der Waals surface area contributed by atoms with E-state index >= 15 is 0 Å². The van der Waals surface area contributed by atoms with Gasteiger partial charge in [-0.15, -0.1) is 11.3 Å². The Hall–Kier alpha value is -2.44. The van der Waals surface area contributed by atoms with Gasteiger partial charge < -0.3 is 14.6 Å². The molecule has 3 aromatic rings. The van der Waals surface area contributed by atoms with Crippen molar-refractivity contribution in [3.63, 3.8) is 0 Å². The van der Waals surface area contributed by atoms with Gasteiger partial charge in [-0.05, 0) is 29.8 Å². The van der Waals surface area contributed by atoms with Crippen LogP contribution in [0.2, 0.25) is 0 Å². The molecule has 6 heteroatoms. The molecule has 0 saturated carbocycles. The monoisotopic (exact) mass is 345 g/mol. The molecule has 0 aliphatic carbocycles. The third-order valence-electron chi connectivity index (χ3n) is 3.36. The summed E-state index contributed by atoms with van der Waals surface area (Å²) in [5.41, 5.74) is 3.19. The average molecular weight is 345 g/mol.